The number of hydrogen-bond acceptors (Lipinski definition) is 3. The number of ether oxygens (including phenoxy) is 2. The first-order valence-corrected chi connectivity index (χ1v) is 10.3. The molecule has 3 aliphatic rings. The summed E-state index contributed by atoms with van der Waals surface area (Å²) in [4.78, 5) is 4.17. The number of hydrogen-bond donors (Lipinski definition) is 0. The molecule has 1 saturated heterocycles. The summed E-state index contributed by atoms with van der Waals surface area (Å²) in [5.41, 5.74) is 1.82. The third-order valence-electron chi connectivity index (χ3n) is 7.10. The van der Waals surface area contributed by atoms with Crippen LogP contribution in [0.2, 0.25) is 0 Å². The van der Waals surface area contributed by atoms with Gasteiger partial charge in [-0.2, -0.15) is 0 Å². The van der Waals surface area contributed by atoms with Crippen LogP contribution in [0.25, 0.3) is 0 Å². The van der Waals surface area contributed by atoms with Crippen LogP contribution in [0.3, 0.4) is 0 Å². The van der Waals surface area contributed by atoms with E-state index in [2.05, 4.69) is 24.9 Å². The molecular weight excluding hydrogens is 310 g/mol. The fraction of sp³-hybridized carbons (Fsp3) is 0.773. The van der Waals surface area contributed by atoms with Crippen molar-refractivity contribution in [3.8, 4) is 0 Å². The van der Waals surface area contributed by atoms with Crippen LogP contribution in [0, 0.1) is 23.2 Å². The molecule has 3 fully saturated rings. The molecule has 4 rings (SSSR count). The Balaban J connectivity index is 1.26. The molecule has 2 heterocycles. The van der Waals surface area contributed by atoms with Crippen LogP contribution in [0.15, 0.2) is 24.5 Å². The zero-order valence-corrected chi connectivity index (χ0v) is 15.8. The molecule has 0 spiro atoms. The highest BCUT2D eigenvalue weighted by Gasteiger charge is 2.51. The molecule has 0 aromatic carbocycles. The van der Waals surface area contributed by atoms with Gasteiger partial charge in [0.25, 0.3) is 0 Å². The van der Waals surface area contributed by atoms with Gasteiger partial charge in [0.05, 0.1) is 12.7 Å². The Morgan fingerprint density at radius 1 is 1.24 bits per heavy atom. The Kier molecular flexibility index (Phi) is 5.15. The standard InChI is InChI=1S/C22H33NO2/c1-22(2)11-3-8-17-18-14-21(25-20(18)10-9-19(17)22)24-13-5-7-16-6-4-12-23-15-16/h4,6,12,15,17-21H,3,5,7-11,13-14H2,1-2H3/t17?,18-,19?,20?,21?/m1/s1. The Bertz CT molecular complexity index is 558. The molecule has 2 saturated carbocycles. The number of aromatic nitrogens is 1. The number of rotatable bonds is 5. The van der Waals surface area contributed by atoms with E-state index in [1.54, 1.807) is 0 Å². The van der Waals surface area contributed by atoms with E-state index >= 15 is 0 Å². The first-order valence-electron chi connectivity index (χ1n) is 10.3. The van der Waals surface area contributed by atoms with Crippen LogP contribution in [0.4, 0.5) is 0 Å². The van der Waals surface area contributed by atoms with Crippen molar-refractivity contribution >= 4 is 0 Å². The van der Waals surface area contributed by atoms with E-state index in [4.69, 9.17) is 9.47 Å². The van der Waals surface area contributed by atoms with Gasteiger partial charge in [0.1, 0.15) is 0 Å². The van der Waals surface area contributed by atoms with E-state index in [0.717, 1.165) is 43.6 Å². The average molecular weight is 344 g/mol. The molecule has 5 atom stereocenters. The Morgan fingerprint density at radius 2 is 2.16 bits per heavy atom. The third kappa shape index (κ3) is 3.78. The number of fused-ring (bicyclic) bond motifs is 3. The summed E-state index contributed by atoms with van der Waals surface area (Å²) in [6.45, 7) is 5.78. The van der Waals surface area contributed by atoms with Gasteiger partial charge in [0, 0.05) is 18.8 Å². The van der Waals surface area contributed by atoms with Crippen molar-refractivity contribution in [3.05, 3.63) is 30.1 Å². The number of aryl methyl sites for hydroxylation is 1. The van der Waals surface area contributed by atoms with Gasteiger partial charge in [0.15, 0.2) is 6.29 Å². The molecule has 1 aromatic heterocycles. The Hall–Kier alpha value is -0.930. The van der Waals surface area contributed by atoms with Crippen molar-refractivity contribution in [1.82, 2.24) is 4.98 Å². The summed E-state index contributed by atoms with van der Waals surface area (Å²) >= 11 is 0. The van der Waals surface area contributed by atoms with Crippen LogP contribution in [-0.2, 0) is 15.9 Å². The number of pyridine rings is 1. The largest absolute Gasteiger partial charge is 0.353 e. The average Bonchev–Trinajstić information content (AvgIpc) is 3.03. The lowest BCUT2D eigenvalue weighted by molar-refractivity contribution is -0.143. The van der Waals surface area contributed by atoms with Crippen molar-refractivity contribution in [2.75, 3.05) is 6.61 Å². The van der Waals surface area contributed by atoms with E-state index in [0.29, 0.717) is 11.5 Å². The first kappa shape index (κ1) is 17.5. The van der Waals surface area contributed by atoms with Crippen molar-refractivity contribution in [2.45, 2.75) is 77.6 Å². The maximum atomic E-state index is 6.30. The maximum absolute atomic E-state index is 6.30. The van der Waals surface area contributed by atoms with Crippen LogP contribution in [0.1, 0.15) is 64.4 Å². The molecule has 0 bridgehead atoms. The minimum absolute atomic E-state index is 0.0349. The van der Waals surface area contributed by atoms with Crippen molar-refractivity contribution < 1.29 is 9.47 Å². The van der Waals surface area contributed by atoms with Gasteiger partial charge in [-0.25, -0.2) is 0 Å². The molecule has 25 heavy (non-hydrogen) atoms. The molecule has 0 amide bonds. The minimum Gasteiger partial charge on any atom is -0.353 e. The quantitative estimate of drug-likeness (QED) is 0.705. The monoisotopic (exact) mass is 343 g/mol. The van der Waals surface area contributed by atoms with Crippen LogP contribution < -0.4 is 0 Å². The predicted octanol–water partition coefficient (Wildman–Crippen LogP) is 5.00. The number of nitrogens with zero attached hydrogens (tertiary/aromatic N) is 1. The summed E-state index contributed by atoms with van der Waals surface area (Å²) in [7, 11) is 0. The summed E-state index contributed by atoms with van der Waals surface area (Å²) in [5, 5.41) is 0. The molecule has 3 heteroatoms. The van der Waals surface area contributed by atoms with Crippen molar-refractivity contribution in [3.63, 3.8) is 0 Å². The van der Waals surface area contributed by atoms with E-state index in [-0.39, 0.29) is 6.29 Å². The lowest BCUT2D eigenvalue weighted by Gasteiger charge is -2.50. The molecule has 4 unspecified atom stereocenters. The first-order chi connectivity index (χ1) is 12.1. The maximum Gasteiger partial charge on any atom is 0.158 e. The Morgan fingerprint density at radius 3 is 3.00 bits per heavy atom. The highest BCUT2D eigenvalue weighted by atomic mass is 16.7. The van der Waals surface area contributed by atoms with Crippen LogP contribution in [-0.4, -0.2) is 24.0 Å². The molecular formula is C22H33NO2. The van der Waals surface area contributed by atoms with Gasteiger partial charge in [0.2, 0.25) is 0 Å². The molecule has 1 aliphatic heterocycles. The summed E-state index contributed by atoms with van der Waals surface area (Å²) < 4.78 is 12.4. The molecule has 0 N–H and O–H groups in total. The second kappa shape index (κ2) is 7.36. The van der Waals surface area contributed by atoms with Crippen molar-refractivity contribution in [2.24, 2.45) is 23.2 Å². The van der Waals surface area contributed by atoms with Gasteiger partial charge >= 0.3 is 0 Å². The summed E-state index contributed by atoms with van der Waals surface area (Å²) in [5.74, 6) is 2.50. The smallest absolute Gasteiger partial charge is 0.158 e. The minimum atomic E-state index is 0.0349. The second-order valence-electron chi connectivity index (χ2n) is 9.07. The highest BCUT2D eigenvalue weighted by molar-refractivity contribution is 5.08. The zero-order chi connectivity index (χ0) is 17.3. The topological polar surface area (TPSA) is 31.4 Å². The van der Waals surface area contributed by atoms with Crippen LogP contribution in [0.5, 0.6) is 0 Å². The van der Waals surface area contributed by atoms with Gasteiger partial charge in [-0.3, -0.25) is 4.98 Å². The van der Waals surface area contributed by atoms with Crippen molar-refractivity contribution in [1.29, 1.82) is 0 Å². The van der Waals surface area contributed by atoms with Crippen LogP contribution >= 0.6 is 0 Å². The molecule has 2 aliphatic carbocycles. The van der Waals surface area contributed by atoms with E-state index < -0.39 is 0 Å². The second-order valence-corrected chi connectivity index (χ2v) is 9.07. The van der Waals surface area contributed by atoms with Gasteiger partial charge in [-0.15, -0.1) is 0 Å². The normalized spacial score (nSPS) is 36.6. The third-order valence-corrected chi connectivity index (χ3v) is 7.10. The summed E-state index contributed by atoms with van der Waals surface area (Å²) in [6.07, 6.45) is 14.3. The van der Waals surface area contributed by atoms with Gasteiger partial charge in [-0.05, 0) is 73.3 Å². The molecule has 138 valence electrons. The highest BCUT2D eigenvalue weighted by Crippen LogP contribution is 2.55. The van der Waals surface area contributed by atoms with E-state index in [9.17, 15) is 0 Å². The fourth-order valence-corrected chi connectivity index (χ4v) is 5.82. The Labute approximate surface area is 152 Å². The van der Waals surface area contributed by atoms with E-state index in [1.165, 1.54) is 37.7 Å². The molecule has 1 aromatic rings. The lowest BCUT2D eigenvalue weighted by atomic mass is 9.55. The SMILES string of the molecule is CC1(C)CCCC2C1CCC1OC(OCCCc3cccnc3)C[C@@H]12. The van der Waals surface area contributed by atoms with Gasteiger partial charge < -0.3 is 9.47 Å². The summed E-state index contributed by atoms with van der Waals surface area (Å²) in [6, 6.07) is 4.14. The van der Waals surface area contributed by atoms with Gasteiger partial charge in [-0.1, -0.05) is 26.3 Å². The fourth-order valence-electron chi connectivity index (χ4n) is 5.82. The van der Waals surface area contributed by atoms with E-state index in [1.807, 2.05) is 18.5 Å². The molecule has 3 nitrogen and oxygen atoms in total. The molecule has 0 radical (unpaired) electrons. The zero-order valence-electron chi connectivity index (χ0n) is 15.8. The lowest BCUT2D eigenvalue weighted by Crippen LogP contribution is -2.44. The predicted molar refractivity (Wildman–Crippen MR) is 99.1 cm³/mol.